The number of carbonyl (C=O) groups excluding carboxylic acids is 2. The number of hydrogen-bond donors (Lipinski definition) is 0. The molecule has 0 aliphatic rings. The normalized spacial score (nSPS) is 8.00. The second kappa shape index (κ2) is 3.85. The molecule has 0 bridgehead atoms. The molecule has 0 atom stereocenters. The Kier molecular flexibility index (Phi) is 3.44. The van der Waals surface area contributed by atoms with E-state index < -0.39 is 18.8 Å². The van der Waals surface area contributed by atoms with Gasteiger partial charge in [-0.25, -0.2) is 0 Å². The SMILES string of the molecule is C=CC(=O)[P](=O)C(=O)C=C. The van der Waals surface area contributed by atoms with Gasteiger partial charge >= 0.3 is 0 Å². The molecule has 0 unspecified atom stereocenters. The zero-order valence-electron chi connectivity index (χ0n) is 5.24. The molecule has 10 heavy (non-hydrogen) atoms. The first kappa shape index (κ1) is 8.92. The molecule has 0 N–H and O–H groups in total. The molecule has 0 aromatic rings. The Balaban J connectivity index is 4.36. The third kappa shape index (κ3) is 2.03. The summed E-state index contributed by atoms with van der Waals surface area (Å²) < 4.78 is 10.6. The predicted molar refractivity (Wildman–Crippen MR) is 38.0 cm³/mol. The zero-order chi connectivity index (χ0) is 8.15. The minimum absolute atomic E-state index is 0.750. The van der Waals surface area contributed by atoms with Crippen LogP contribution in [0.2, 0.25) is 0 Å². The minimum Gasteiger partial charge on any atom is -0.281 e. The van der Waals surface area contributed by atoms with Crippen molar-refractivity contribution in [3.05, 3.63) is 25.3 Å². The lowest BCUT2D eigenvalue weighted by Gasteiger charge is -1.85. The Morgan fingerprint density at radius 2 is 1.40 bits per heavy atom. The molecular formula is C6H6O3P. The lowest BCUT2D eigenvalue weighted by molar-refractivity contribution is -0.110. The van der Waals surface area contributed by atoms with Crippen LogP contribution in [0.4, 0.5) is 0 Å². The molecule has 0 rings (SSSR count). The van der Waals surface area contributed by atoms with E-state index in [1.54, 1.807) is 0 Å². The third-order valence-corrected chi connectivity index (χ3v) is 1.92. The van der Waals surface area contributed by atoms with Gasteiger partial charge in [-0.3, -0.25) is 14.2 Å². The van der Waals surface area contributed by atoms with Crippen LogP contribution in [0.25, 0.3) is 0 Å². The van der Waals surface area contributed by atoms with E-state index >= 15 is 0 Å². The van der Waals surface area contributed by atoms with E-state index in [-0.39, 0.29) is 0 Å². The summed E-state index contributed by atoms with van der Waals surface area (Å²) in [6.07, 6.45) is 1.72. The van der Waals surface area contributed by atoms with E-state index in [9.17, 15) is 14.2 Å². The highest BCUT2D eigenvalue weighted by Crippen LogP contribution is 2.23. The average molecular weight is 157 g/mol. The van der Waals surface area contributed by atoms with Gasteiger partial charge in [-0.2, -0.15) is 0 Å². The molecule has 0 saturated carbocycles. The van der Waals surface area contributed by atoms with Crippen LogP contribution in [0.3, 0.4) is 0 Å². The van der Waals surface area contributed by atoms with Crippen LogP contribution >= 0.6 is 7.80 Å². The van der Waals surface area contributed by atoms with Crippen LogP contribution < -0.4 is 0 Å². The van der Waals surface area contributed by atoms with Crippen molar-refractivity contribution >= 4 is 18.8 Å². The largest absolute Gasteiger partial charge is 0.281 e. The van der Waals surface area contributed by atoms with Crippen molar-refractivity contribution in [3.8, 4) is 0 Å². The predicted octanol–water partition coefficient (Wildman–Crippen LogP) is 1.24. The van der Waals surface area contributed by atoms with Crippen molar-refractivity contribution in [1.29, 1.82) is 0 Å². The van der Waals surface area contributed by atoms with Gasteiger partial charge in [0.15, 0.2) is 0 Å². The first-order valence-electron chi connectivity index (χ1n) is 2.43. The van der Waals surface area contributed by atoms with Crippen LogP contribution in [0, 0.1) is 0 Å². The summed E-state index contributed by atoms with van der Waals surface area (Å²) in [5.41, 5.74) is -1.50. The molecule has 3 nitrogen and oxygen atoms in total. The first-order chi connectivity index (χ1) is 4.63. The molecule has 53 valence electrons. The van der Waals surface area contributed by atoms with Gasteiger partial charge in [0.05, 0.1) is 0 Å². The molecule has 4 heteroatoms. The van der Waals surface area contributed by atoms with Gasteiger partial charge in [0.2, 0.25) is 18.8 Å². The van der Waals surface area contributed by atoms with Crippen LogP contribution in [0.1, 0.15) is 0 Å². The monoisotopic (exact) mass is 157 g/mol. The number of hydrogen-bond acceptors (Lipinski definition) is 3. The summed E-state index contributed by atoms with van der Waals surface area (Å²) in [5.74, 6) is 0. The van der Waals surface area contributed by atoms with E-state index in [0.717, 1.165) is 12.2 Å². The minimum atomic E-state index is -2.47. The van der Waals surface area contributed by atoms with E-state index in [1.807, 2.05) is 0 Å². The standard InChI is InChI=1S/C6H6O3P/c1-3-5(7)10(9)6(8)4-2/h3-4H,1-2H2. The summed E-state index contributed by atoms with van der Waals surface area (Å²) >= 11 is 0. The number of rotatable bonds is 4. The maximum Gasteiger partial charge on any atom is 0.241 e. The molecular weight excluding hydrogens is 151 g/mol. The highest BCUT2D eigenvalue weighted by molar-refractivity contribution is 7.80. The lowest BCUT2D eigenvalue weighted by Crippen LogP contribution is -1.91. The molecule has 0 amide bonds. The topological polar surface area (TPSA) is 51.2 Å². The Morgan fingerprint density at radius 1 is 1.10 bits per heavy atom. The van der Waals surface area contributed by atoms with Gasteiger partial charge in [-0.15, -0.1) is 0 Å². The van der Waals surface area contributed by atoms with E-state index in [4.69, 9.17) is 0 Å². The third-order valence-electron chi connectivity index (χ3n) is 0.750. The summed E-state index contributed by atoms with van der Waals surface area (Å²) in [7, 11) is -2.47. The van der Waals surface area contributed by atoms with Crippen molar-refractivity contribution in [2.45, 2.75) is 0 Å². The van der Waals surface area contributed by atoms with Crippen molar-refractivity contribution in [2.24, 2.45) is 0 Å². The fraction of sp³-hybridized carbons (Fsp3) is 0. The molecule has 0 fully saturated rings. The number of carbonyl (C=O) groups is 2. The summed E-state index contributed by atoms with van der Waals surface area (Å²) in [4.78, 5) is 20.9. The van der Waals surface area contributed by atoms with Gasteiger partial charge in [0, 0.05) is 0 Å². The molecule has 0 spiro atoms. The summed E-state index contributed by atoms with van der Waals surface area (Å²) in [6.45, 7) is 6.16. The fourth-order valence-corrected chi connectivity index (χ4v) is 0.823. The van der Waals surface area contributed by atoms with Gasteiger partial charge in [0.1, 0.15) is 0 Å². The molecule has 1 radical (unpaired) electrons. The molecule has 0 heterocycles. The van der Waals surface area contributed by atoms with E-state index in [1.165, 1.54) is 0 Å². The Morgan fingerprint density at radius 3 is 1.60 bits per heavy atom. The van der Waals surface area contributed by atoms with Gasteiger partial charge < -0.3 is 0 Å². The quantitative estimate of drug-likeness (QED) is 0.455. The Hall–Kier alpha value is -1.08. The second-order valence-electron chi connectivity index (χ2n) is 1.38. The molecule has 0 aliphatic carbocycles. The van der Waals surface area contributed by atoms with Gasteiger partial charge in [-0.05, 0) is 12.2 Å². The first-order valence-corrected chi connectivity index (χ1v) is 3.69. The van der Waals surface area contributed by atoms with Crippen molar-refractivity contribution in [3.63, 3.8) is 0 Å². The molecule has 0 aromatic heterocycles. The van der Waals surface area contributed by atoms with Crippen LogP contribution in [-0.2, 0) is 14.2 Å². The van der Waals surface area contributed by atoms with Crippen LogP contribution in [-0.4, -0.2) is 11.0 Å². The lowest BCUT2D eigenvalue weighted by atomic mass is 10.7. The van der Waals surface area contributed by atoms with E-state index in [0.29, 0.717) is 0 Å². The van der Waals surface area contributed by atoms with E-state index in [2.05, 4.69) is 13.2 Å². The maximum atomic E-state index is 10.6. The van der Waals surface area contributed by atoms with Gasteiger partial charge in [0.25, 0.3) is 0 Å². The maximum absolute atomic E-state index is 10.6. The Labute approximate surface area is 59.2 Å². The molecule has 0 saturated heterocycles. The average Bonchev–Trinajstić information content (AvgIpc) is 2.00. The highest BCUT2D eigenvalue weighted by atomic mass is 31.1. The van der Waals surface area contributed by atoms with Crippen molar-refractivity contribution < 1.29 is 14.2 Å². The summed E-state index contributed by atoms with van der Waals surface area (Å²) in [5, 5.41) is 0. The molecule has 0 aromatic carbocycles. The smallest absolute Gasteiger partial charge is 0.241 e. The van der Waals surface area contributed by atoms with Crippen LogP contribution in [0.5, 0.6) is 0 Å². The number of allylic oxidation sites excluding steroid dienone is 2. The summed E-state index contributed by atoms with van der Waals surface area (Å²) in [6, 6.07) is 0. The van der Waals surface area contributed by atoms with Crippen molar-refractivity contribution in [1.82, 2.24) is 0 Å². The van der Waals surface area contributed by atoms with Gasteiger partial charge in [-0.1, -0.05) is 13.2 Å². The Bertz CT molecular complexity index is 195. The zero-order valence-corrected chi connectivity index (χ0v) is 6.14. The highest BCUT2D eigenvalue weighted by Gasteiger charge is 2.14. The second-order valence-corrected chi connectivity index (χ2v) is 2.85. The fourth-order valence-electron chi connectivity index (χ4n) is 0.274. The van der Waals surface area contributed by atoms with Crippen molar-refractivity contribution in [2.75, 3.05) is 0 Å². The molecule has 0 aliphatic heterocycles. The van der Waals surface area contributed by atoms with Crippen LogP contribution in [0.15, 0.2) is 25.3 Å².